The van der Waals surface area contributed by atoms with Gasteiger partial charge in [0.2, 0.25) is 0 Å². The van der Waals surface area contributed by atoms with Gasteiger partial charge in [-0.25, -0.2) is 0 Å². The number of rotatable bonds is 10. The molecule has 0 saturated heterocycles. The van der Waals surface area contributed by atoms with Crippen molar-refractivity contribution in [2.45, 2.75) is 71.3 Å². The normalized spacial score (nSPS) is 24.3. The first-order valence-corrected chi connectivity index (χ1v) is 9.63. The highest BCUT2D eigenvalue weighted by atomic mass is 79.9. The average Bonchev–Trinajstić information content (AvgIpc) is 2.80. The topological polar surface area (TPSA) is 37.3 Å². The molecule has 0 aromatic carbocycles. The van der Waals surface area contributed by atoms with Gasteiger partial charge < -0.3 is 5.11 Å². The number of aliphatic hydroxyl groups is 1. The lowest BCUT2D eigenvalue weighted by molar-refractivity contribution is -0.121. The van der Waals surface area contributed by atoms with Gasteiger partial charge in [-0.15, -0.1) is 0 Å². The van der Waals surface area contributed by atoms with Gasteiger partial charge in [-0.2, -0.15) is 0 Å². The number of carbonyl (C=O) groups excluding carboxylic acids is 1. The van der Waals surface area contributed by atoms with E-state index in [1.807, 2.05) is 19.9 Å². The fourth-order valence-electron chi connectivity index (χ4n) is 3.01. The SMILES string of the molecule is CC(C)[C@@H](O)/C=C/[C@H]1CCC(=O)[C@@H]1CCCCCCCBr. The van der Waals surface area contributed by atoms with Crippen LogP contribution in [0.3, 0.4) is 0 Å². The van der Waals surface area contributed by atoms with Gasteiger partial charge in [0.1, 0.15) is 5.78 Å². The Morgan fingerprint density at radius 2 is 1.90 bits per heavy atom. The molecule has 0 spiro atoms. The summed E-state index contributed by atoms with van der Waals surface area (Å²) in [5.74, 6) is 1.24. The van der Waals surface area contributed by atoms with Crippen LogP contribution in [0.4, 0.5) is 0 Å². The summed E-state index contributed by atoms with van der Waals surface area (Å²) in [5, 5.41) is 11.0. The van der Waals surface area contributed by atoms with E-state index in [0.717, 1.165) is 31.0 Å². The molecule has 0 aromatic rings. The van der Waals surface area contributed by atoms with Gasteiger partial charge in [0.05, 0.1) is 6.10 Å². The number of alkyl halides is 1. The highest BCUT2D eigenvalue weighted by Gasteiger charge is 2.32. The summed E-state index contributed by atoms with van der Waals surface area (Å²) >= 11 is 3.45. The van der Waals surface area contributed by atoms with Crippen LogP contribution >= 0.6 is 15.9 Å². The van der Waals surface area contributed by atoms with E-state index in [1.54, 1.807) is 0 Å². The highest BCUT2D eigenvalue weighted by Crippen LogP contribution is 2.34. The third-order valence-electron chi connectivity index (χ3n) is 4.54. The quantitative estimate of drug-likeness (QED) is 0.343. The Balaban J connectivity index is 2.34. The molecule has 0 heterocycles. The van der Waals surface area contributed by atoms with Crippen LogP contribution in [-0.4, -0.2) is 22.3 Å². The summed E-state index contributed by atoms with van der Waals surface area (Å²) in [6, 6.07) is 0. The van der Waals surface area contributed by atoms with Crippen molar-refractivity contribution in [3.8, 4) is 0 Å². The second-order valence-corrected chi connectivity index (χ2v) is 7.43. The number of ketones is 1. The monoisotopic (exact) mass is 358 g/mol. The second kappa shape index (κ2) is 10.6. The van der Waals surface area contributed by atoms with Crippen molar-refractivity contribution in [3.63, 3.8) is 0 Å². The Morgan fingerprint density at radius 3 is 2.57 bits per heavy atom. The number of Topliss-reactive ketones (excluding diaryl/α,β-unsaturated/α-hetero) is 1. The maximum atomic E-state index is 12.0. The lowest BCUT2D eigenvalue weighted by atomic mass is 9.89. The zero-order chi connectivity index (χ0) is 15.7. The van der Waals surface area contributed by atoms with Crippen molar-refractivity contribution in [2.75, 3.05) is 5.33 Å². The molecule has 0 aliphatic heterocycles. The van der Waals surface area contributed by atoms with E-state index in [2.05, 4.69) is 22.0 Å². The molecule has 1 aliphatic carbocycles. The Labute approximate surface area is 138 Å². The van der Waals surface area contributed by atoms with Gasteiger partial charge in [0, 0.05) is 17.7 Å². The molecule has 0 unspecified atom stereocenters. The number of aliphatic hydroxyl groups excluding tert-OH is 1. The van der Waals surface area contributed by atoms with Crippen LogP contribution < -0.4 is 0 Å². The third-order valence-corrected chi connectivity index (χ3v) is 5.10. The number of allylic oxidation sites excluding steroid dienone is 1. The smallest absolute Gasteiger partial charge is 0.136 e. The van der Waals surface area contributed by atoms with Gasteiger partial charge in [0.15, 0.2) is 0 Å². The fraction of sp³-hybridized carbons (Fsp3) is 0.833. The number of carbonyl (C=O) groups is 1. The van der Waals surface area contributed by atoms with Crippen molar-refractivity contribution in [3.05, 3.63) is 12.2 Å². The predicted octanol–water partition coefficient (Wildman–Crippen LogP) is 4.89. The van der Waals surface area contributed by atoms with E-state index in [-0.39, 0.29) is 17.9 Å². The predicted molar refractivity (Wildman–Crippen MR) is 92.7 cm³/mol. The Kier molecular flexibility index (Phi) is 9.50. The fourth-order valence-corrected chi connectivity index (χ4v) is 3.40. The van der Waals surface area contributed by atoms with Crippen LogP contribution in [0.2, 0.25) is 0 Å². The molecular weight excluding hydrogens is 328 g/mol. The summed E-state index contributed by atoms with van der Waals surface area (Å²) in [6.07, 6.45) is 12.5. The molecule has 2 nitrogen and oxygen atoms in total. The molecule has 1 N–H and O–H groups in total. The lowest BCUT2D eigenvalue weighted by Gasteiger charge is -2.16. The molecule has 0 bridgehead atoms. The van der Waals surface area contributed by atoms with Gasteiger partial charge in [-0.3, -0.25) is 4.79 Å². The minimum absolute atomic E-state index is 0.205. The zero-order valence-electron chi connectivity index (χ0n) is 13.6. The van der Waals surface area contributed by atoms with Crippen LogP contribution in [0.5, 0.6) is 0 Å². The zero-order valence-corrected chi connectivity index (χ0v) is 15.1. The molecule has 0 radical (unpaired) electrons. The number of hydrogen-bond donors (Lipinski definition) is 1. The summed E-state index contributed by atoms with van der Waals surface area (Å²) in [7, 11) is 0. The van der Waals surface area contributed by atoms with Crippen molar-refractivity contribution < 1.29 is 9.90 Å². The molecule has 3 atom stereocenters. The van der Waals surface area contributed by atoms with E-state index >= 15 is 0 Å². The average molecular weight is 359 g/mol. The van der Waals surface area contributed by atoms with E-state index in [4.69, 9.17) is 0 Å². The van der Waals surface area contributed by atoms with Crippen molar-refractivity contribution in [1.82, 2.24) is 0 Å². The summed E-state index contributed by atoms with van der Waals surface area (Å²) in [6.45, 7) is 4.03. The van der Waals surface area contributed by atoms with E-state index in [9.17, 15) is 9.90 Å². The van der Waals surface area contributed by atoms with Crippen molar-refractivity contribution in [2.24, 2.45) is 17.8 Å². The Morgan fingerprint density at radius 1 is 1.24 bits per heavy atom. The minimum Gasteiger partial charge on any atom is -0.389 e. The van der Waals surface area contributed by atoms with Gasteiger partial charge in [0.25, 0.3) is 0 Å². The lowest BCUT2D eigenvalue weighted by Crippen LogP contribution is -2.15. The molecule has 0 aromatic heterocycles. The highest BCUT2D eigenvalue weighted by molar-refractivity contribution is 9.09. The Hall–Kier alpha value is -0.150. The maximum absolute atomic E-state index is 12.0. The van der Waals surface area contributed by atoms with E-state index < -0.39 is 0 Å². The van der Waals surface area contributed by atoms with Crippen LogP contribution in [0.15, 0.2) is 12.2 Å². The molecule has 1 rings (SSSR count). The van der Waals surface area contributed by atoms with Crippen molar-refractivity contribution >= 4 is 21.7 Å². The van der Waals surface area contributed by atoms with Gasteiger partial charge >= 0.3 is 0 Å². The third kappa shape index (κ3) is 7.10. The Bertz CT molecular complexity index is 325. The van der Waals surface area contributed by atoms with Crippen LogP contribution in [0, 0.1) is 17.8 Å². The van der Waals surface area contributed by atoms with Crippen LogP contribution in [-0.2, 0) is 4.79 Å². The second-order valence-electron chi connectivity index (χ2n) is 6.64. The largest absolute Gasteiger partial charge is 0.389 e. The first kappa shape index (κ1) is 18.9. The summed E-state index contributed by atoms with van der Waals surface area (Å²) < 4.78 is 0. The molecule has 1 saturated carbocycles. The number of hydrogen-bond acceptors (Lipinski definition) is 2. The molecule has 1 aliphatic rings. The maximum Gasteiger partial charge on any atom is 0.136 e. The summed E-state index contributed by atoms with van der Waals surface area (Å²) in [4.78, 5) is 12.0. The number of halogens is 1. The van der Waals surface area contributed by atoms with Gasteiger partial charge in [-0.05, 0) is 31.1 Å². The molecule has 0 amide bonds. The molecule has 1 fully saturated rings. The molecule has 21 heavy (non-hydrogen) atoms. The van der Waals surface area contributed by atoms with Crippen LogP contribution in [0.1, 0.15) is 65.2 Å². The van der Waals surface area contributed by atoms with E-state index in [1.165, 1.54) is 25.7 Å². The standard InChI is InChI=1S/C18H31BrO2/c1-14(2)17(20)11-9-15-10-12-18(21)16(15)8-6-4-3-5-7-13-19/h9,11,14-17,20H,3-8,10,12-13H2,1-2H3/b11-9+/t15-,16+,17-/m0/s1. The van der Waals surface area contributed by atoms with Gasteiger partial charge in [-0.1, -0.05) is 67.6 Å². The molecule has 122 valence electrons. The van der Waals surface area contributed by atoms with Crippen LogP contribution in [0.25, 0.3) is 0 Å². The first-order valence-electron chi connectivity index (χ1n) is 8.51. The molecule has 3 heteroatoms. The summed E-state index contributed by atoms with van der Waals surface area (Å²) in [5.41, 5.74) is 0. The minimum atomic E-state index is -0.384. The van der Waals surface area contributed by atoms with E-state index in [0.29, 0.717) is 11.7 Å². The molecular formula is C18H31BrO2. The van der Waals surface area contributed by atoms with Crippen molar-refractivity contribution in [1.29, 1.82) is 0 Å². The number of unbranched alkanes of at least 4 members (excludes halogenated alkanes) is 4. The first-order chi connectivity index (χ1) is 10.1.